The Bertz CT molecular complexity index is 839. The van der Waals surface area contributed by atoms with Gasteiger partial charge >= 0.3 is 12.2 Å². The molecule has 0 aliphatic rings. The molecule has 0 spiro atoms. The fourth-order valence-corrected chi connectivity index (χ4v) is 2.19. The standard InChI is InChI=1S/C15H8ClF5N2O2/c16-12-10(6-5-9(18)11(12)15(19,20)21)22-14(25)23-13(24)7-3-1-2-4-8(7)17/h1-6H,(H2,22,23,24,25). The van der Waals surface area contributed by atoms with Crippen molar-refractivity contribution in [1.29, 1.82) is 0 Å². The fourth-order valence-electron chi connectivity index (χ4n) is 1.88. The molecule has 2 aromatic rings. The number of hydrogen-bond donors (Lipinski definition) is 2. The smallest absolute Gasteiger partial charge is 0.306 e. The van der Waals surface area contributed by atoms with Crippen LogP contribution in [0.4, 0.5) is 32.4 Å². The molecular weight excluding hydrogens is 371 g/mol. The van der Waals surface area contributed by atoms with Gasteiger partial charge in [0.2, 0.25) is 0 Å². The summed E-state index contributed by atoms with van der Waals surface area (Å²) in [5.41, 5.74) is -2.78. The number of halogens is 6. The van der Waals surface area contributed by atoms with Gasteiger partial charge in [0.15, 0.2) is 0 Å². The van der Waals surface area contributed by atoms with Crippen LogP contribution in [0.25, 0.3) is 0 Å². The van der Waals surface area contributed by atoms with Crippen molar-refractivity contribution in [2.24, 2.45) is 0 Å². The minimum absolute atomic E-state index is 0.446. The van der Waals surface area contributed by atoms with Crippen molar-refractivity contribution in [1.82, 2.24) is 5.32 Å². The molecule has 0 atom stereocenters. The van der Waals surface area contributed by atoms with Gasteiger partial charge in [-0.1, -0.05) is 23.7 Å². The van der Waals surface area contributed by atoms with E-state index >= 15 is 0 Å². The molecule has 10 heteroatoms. The van der Waals surface area contributed by atoms with Crippen LogP contribution in [-0.4, -0.2) is 11.9 Å². The second kappa shape index (κ2) is 7.06. The summed E-state index contributed by atoms with van der Waals surface area (Å²) in [6.45, 7) is 0. The Hall–Kier alpha value is -2.68. The number of benzene rings is 2. The van der Waals surface area contributed by atoms with E-state index in [1.807, 2.05) is 5.32 Å². The molecule has 4 nitrogen and oxygen atoms in total. The van der Waals surface area contributed by atoms with Crippen LogP contribution < -0.4 is 10.6 Å². The minimum atomic E-state index is -5.09. The first-order valence-corrected chi connectivity index (χ1v) is 6.91. The van der Waals surface area contributed by atoms with Crippen LogP contribution in [0.2, 0.25) is 5.02 Å². The molecular formula is C15H8ClF5N2O2. The molecule has 0 fully saturated rings. The summed E-state index contributed by atoms with van der Waals surface area (Å²) < 4.78 is 65.0. The molecule has 0 saturated heterocycles. The van der Waals surface area contributed by atoms with Gasteiger partial charge in [-0.25, -0.2) is 13.6 Å². The van der Waals surface area contributed by atoms with Gasteiger partial charge in [-0.05, 0) is 24.3 Å². The van der Waals surface area contributed by atoms with Crippen LogP contribution in [0.15, 0.2) is 36.4 Å². The fraction of sp³-hybridized carbons (Fsp3) is 0.0667. The van der Waals surface area contributed by atoms with Crippen molar-refractivity contribution in [3.8, 4) is 0 Å². The van der Waals surface area contributed by atoms with Crippen molar-refractivity contribution >= 4 is 29.2 Å². The molecule has 2 rings (SSSR count). The Kier molecular flexibility index (Phi) is 5.27. The average Bonchev–Trinajstić information content (AvgIpc) is 2.49. The number of nitrogens with one attached hydrogen (secondary N) is 2. The van der Waals surface area contributed by atoms with E-state index in [0.29, 0.717) is 6.07 Å². The Morgan fingerprint density at radius 1 is 0.960 bits per heavy atom. The molecule has 2 aromatic carbocycles. The van der Waals surface area contributed by atoms with Crippen LogP contribution in [0.5, 0.6) is 0 Å². The molecule has 0 aromatic heterocycles. The van der Waals surface area contributed by atoms with Gasteiger partial charge in [0.25, 0.3) is 5.91 Å². The average molecular weight is 379 g/mol. The first kappa shape index (κ1) is 18.7. The van der Waals surface area contributed by atoms with E-state index in [1.54, 1.807) is 5.32 Å². The maximum absolute atomic E-state index is 13.4. The van der Waals surface area contributed by atoms with E-state index in [1.165, 1.54) is 12.1 Å². The number of urea groups is 1. The number of imide groups is 1. The number of carbonyl (C=O) groups is 2. The third kappa shape index (κ3) is 4.24. The molecule has 2 N–H and O–H groups in total. The quantitative estimate of drug-likeness (QED) is 0.750. The molecule has 0 radical (unpaired) electrons. The van der Waals surface area contributed by atoms with Crippen molar-refractivity contribution in [2.75, 3.05) is 5.32 Å². The number of rotatable bonds is 2. The highest BCUT2D eigenvalue weighted by Gasteiger charge is 2.38. The van der Waals surface area contributed by atoms with Gasteiger partial charge in [-0.3, -0.25) is 10.1 Å². The zero-order chi connectivity index (χ0) is 18.8. The van der Waals surface area contributed by atoms with Crippen LogP contribution in [0.3, 0.4) is 0 Å². The molecule has 0 aliphatic heterocycles. The second-order valence-electron chi connectivity index (χ2n) is 4.67. The first-order valence-electron chi connectivity index (χ1n) is 6.53. The largest absolute Gasteiger partial charge is 0.420 e. The Labute approximate surface area is 142 Å². The monoisotopic (exact) mass is 378 g/mol. The highest BCUT2D eigenvalue weighted by Crippen LogP contribution is 2.40. The zero-order valence-electron chi connectivity index (χ0n) is 12.0. The van der Waals surface area contributed by atoms with Gasteiger partial charge in [0.1, 0.15) is 17.2 Å². The summed E-state index contributed by atoms with van der Waals surface area (Å²) in [5, 5.41) is 2.52. The maximum atomic E-state index is 13.4. The van der Waals surface area contributed by atoms with Crippen molar-refractivity contribution in [3.63, 3.8) is 0 Å². The third-order valence-corrected chi connectivity index (χ3v) is 3.36. The highest BCUT2D eigenvalue weighted by atomic mass is 35.5. The predicted molar refractivity (Wildman–Crippen MR) is 79.3 cm³/mol. The first-order chi connectivity index (χ1) is 11.6. The summed E-state index contributed by atoms with van der Waals surface area (Å²) >= 11 is 5.47. The number of alkyl halides is 3. The lowest BCUT2D eigenvalue weighted by molar-refractivity contribution is -0.139. The molecule has 0 saturated carbocycles. The minimum Gasteiger partial charge on any atom is -0.306 e. The van der Waals surface area contributed by atoms with Crippen molar-refractivity contribution in [2.45, 2.75) is 6.18 Å². The van der Waals surface area contributed by atoms with E-state index in [9.17, 15) is 31.5 Å². The molecule has 0 unspecified atom stereocenters. The van der Waals surface area contributed by atoms with Crippen molar-refractivity contribution in [3.05, 3.63) is 64.2 Å². The Morgan fingerprint density at radius 3 is 2.20 bits per heavy atom. The lowest BCUT2D eigenvalue weighted by Gasteiger charge is -2.14. The summed E-state index contributed by atoms with van der Waals surface area (Å²) in [6, 6.07) is 4.74. The summed E-state index contributed by atoms with van der Waals surface area (Å²) in [5.74, 6) is -3.64. The van der Waals surface area contributed by atoms with Gasteiger partial charge in [0, 0.05) is 0 Å². The predicted octanol–water partition coefficient (Wildman–Crippen LogP) is 4.60. The lowest BCUT2D eigenvalue weighted by Crippen LogP contribution is -2.35. The molecule has 132 valence electrons. The van der Waals surface area contributed by atoms with E-state index < -0.39 is 51.6 Å². The second-order valence-corrected chi connectivity index (χ2v) is 5.05. The van der Waals surface area contributed by atoms with E-state index in [-0.39, 0.29) is 0 Å². The lowest BCUT2D eigenvalue weighted by atomic mass is 10.1. The van der Waals surface area contributed by atoms with Crippen LogP contribution >= 0.6 is 11.6 Å². The van der Waals surface area contributed by atoms with E-state index in [0.717, 1.165) is 18.2 Å². The van der Waals surface area contributed by atoms with Gasteiger partial charge < -0.3 is 5.32 Å². The highest BCUT2D eigenvalue weighted by molar-refractivity contribution is 6.34. The van der Waals surface area contributed by atoms with Crippen molar-refractivity contribution < 1.29 is 31.5 Å². The maximum Gasteiger partial charge on any atom is 0.420 e. The molecule has 0 aliphatic carbocycles. The normalized spacial score (nSPS) is 11.1. The Balaban J connectivity index is 2.19. The topological polar surface area (TPSA) is 58.2 Å². The SMILES string of the molecule is O=C(NC(=O)c1ccccc1F)Nc1ccc(F)c(C(F)(F)F)c1Cl. The number of anilines is 1. The number of hydrogen-bond acceptors (Lipinski definition) is 2. The third-order valence-electron chi connectivity index (χ3n) is 2.97. The Morgan fingerprint density at radius 2 is 1.60 bits per heavy atom. The van der Waals surface area contributed by atoms with Gasteiger partial charge in [-0.15, -0.1) is 0 Å². The number of carbonyl (C=O) groups excluding carboxylic acids is 2. The molecule has 3 amide bonds. The van der Waals surface area contributed by atoms with Crippen LogP contribution in [0.1, 0.15) is 15.9 Å². The number of amides is 3. The molecule has 0 heterocycles. The summed E-state index contributed by atoms with van der Waals surface area (Å²) in [6.07, 6.45) is -5.09. The van der Waals surface area contributed by atoms with Crippen LogP contribution in [-0.2, 0) is 6.18 Å². The molecule has 0 bridgehead atoms. The van der Waals surface area contributed by atoms with Gasteiger partial charge in [-0.2, -0.15) is 13.2 Å². The van der Waals surface area contributed by atoms with E-state index in [4.69, 9.17) is 11.6 Å². The van der Waals surface area contributed by atoms with Crippen LogP contribution in [0, 0.1) is 11.6 Å². The zero-order valence-corrected chi connectivity index (χ0v) is 12.8. The van der Waals surface area contributed by atoms with Gasteiger partial charge in [0.05, 0.1) is 16.3 Å². The molecule has 25 heavy (non-hydrogen) atoms. The summed E-state index contributed by atoms with van der Waals surface area (Å²) in [4.78, 5) is 23.5. The summed E-state index contributed by atoms with van der Waals surface area (Å²) in [7, 11) is 0. The van der Waals surface area contributed by atoms with E-state index in [2.05, 4.69) is 0 Å².